The lowest BCUT2D eigenvalue weighted by atomic mass is 10.2. The van der Waals surface area contributed by atoms with Crippen molar-refractivity contribution in [2.45, 2.75) is 18.4 Å². The zero-order valence-corrected chi connectivity index (χ0v) is 15.7. The Morgan fingerprint density at radius 1 is 1.04 bits per heavy atom. The summed E-state index contributed by atoms with van der Waals surface area (Å²) in [6.45, 7) is 2.09. The molecule has 7 heteroatoms. The number of sulfonamides is 1. The van der Waals surface area contributed by atoms with Crippen LogP contribution in [0.1, 0.15) is 20.8 Å². The summed E-state index contributed by atoms with van der Waals surface area (Å²) in [5, 5.41) is 4.28. The van der Waals surface area contributed by atoms with E-state index in [4.69, 9.17) is 0 Å². The van der Waals surface area contributed by atoms with Crippen LogP contribution in [0.2, 0.25) is 0 Å². The minimum atomic E-state index is -3.67. The maximum Gasteiger partial charge on any atom is 0.265 e. The van der Waals surface area contributed by atoms with Crippen molar-refractivity contribution in [2.75, 3.05) is 5.32 Å². The molecule has 0 aliphatic rings. The highest BCUT2D eigenvalue weighted by molar-refractivity contribution is 7.89. The third-order valence-corrected chi connectivity index (χ3v) is 6.27. The molecule has 0 spiro atoms. The van der Waals surface area contributed by atoms with Gasteiger partial charge in [-0.2, -0.15) is 0 Å². The van der Waals surface area contributed by atoms with E-state index < -0.39 is 10.0 Å². The van der Waals surface area contributed by atoms with E-state index in [1.54, 1.807) is 6.07 Å². The Labute approximate surface area is 156 Å². The Morgan fingerprint density at radius 3 is 2.46 bits per heavy atom. The van der Waals surface area contributed by atoms with Crippen LogP contribution in [0.4, 0.5) is 5.69 Å². The van der Waals surface area contributed by atoms with Gasteiger partial charge in [0.05, 0.1) is 9.77 Å². The average Bonchev–Trinajstić information content (AvgIpc) is 3.14. The topological polar surface area (TPSA) is 75.3 Å². The van der Waals surface area contributed by atoms with Crippen molar-refractivity contribution in [2.24, 2.45) is 0 Å². The molecule has 0 aliphatic carbocycles. The van der Waals surface area contributed by atoms with Gasteiger partial charge < -0.3 is 5.32 Å². The molecule has 0 aliphatic heterocycles. The molecular weight excluding hydrogens is 368 g/mol. The molecule has 26 heavy (non-hydrogen) atoms. The number of aryl methyl sites for hydroxylation is 1. The Kier molecular flexibility index (Phi) is 5.51. The number of carbonyl (C=O) groups excluding carboxylic acids is 1. The first-order valence-corrected chi connectivity index (χ1v) is 10.3. The van der Waals surface area contributed by atoms with Crippen molar-refractivity contribution in [3.63, 3.8) is 0 Å². The van der Waals surface area contributed by atoms with Gasteiger partial charge in [0, 0.05) is 17.6 Å². The van der Waals surface area contributed by atoms with Crippen LogP contribution < -0.4 is 10.0 Å². The minimum absolute atomic E-state index is 0.0911. The summed E-state index contributed by atoms with van der Waals surface area (Å²) in [5.74, 6) is -0.325. The maximum atomic E-state index is 12.4. The molecular formula is C19H18N2O3S2. The molecule has 134 valence electrons. The highest BCUT2D eigenvalue weighted by Crippen LogP contribution is 2.22. The Balaban J connectivity index is 1.70. The van der Waals surface area contributed by atoms with Gasteiger partial charge in [0.15, 0.2) is 0 Å². The number of thiophene rings is 1. The van der Waals surface area contributed by atoms with Crippen LogP contribution in [0.15, 0.2) is 70.9 Å². The van der Waals surface area contributed by atoms with Crippen molar-refractivity contribution in [3.05, 3.63) is 82.0 Å². The number of hydrogen-bond acceptors (Lipinski definition) is 4. The van der Waals surface area contributed by atoms with E-state index in [9.17, 15) is 13.2 Å². The normalized spacial score (nSPS) is 11.3. The zero-order valence-electron chi connectivity index (χ0n) is 14.1. The van der Waals surface area contributed by atoms with Gasteiger partial charge in [-0.3, -0.25) is 4.79 Å². The van der Waals surface area contributed by atoms with Gasteiger partial charge in [-0.15, -0.1) is 11.3 Å². The van der Waals surface area contributed by atoms with Gasteiger partial charge in [0.25, 0.3) is 5.91 Å². The van der Waals surface area contributed by atoms with E-state index in [0.717, 1.165) is 22.5 Å². The molecule has 0 fully saturated rings. The van der Waals surface area contributed by atoms with Crippen LogP contribution in [0.5, 0.6) is 0 Å². The zero-order chi connectivity index (χ0) is 18.6. The van der Waals surface area contributed by atoms with E-state index >= 15 is 0 Å². The van der Waals surface area contributed by atoms with Crippen LogP contribution in [-0.4, -0.2) is 14.3 Å². The highest BCUT2D eigenvalue weighted by atomic mass is 32.2. The van der Waals surface area contributed by atoms with Gasteiger partial charge in [0.1, 0.15) is 0 Å². The maximum absolute atomic E-state index is 12.4. The second-order valence-corrected chi connectivity index (χ2v) is 8.40. The quantitative estimate of drug-likeness (QED) is 0.677. The van der Waals surface area contributed by atoms with Crippen LogP contribution in [-0.2, 0) is 16.6 Å². The molecule has 1 aromatic heterocycles. The van der Waals surface area contributed by atoms with Gasteiger partial charge >= 0.3 is 0 Å². The number of benzene rings is 2. The van der Waals surface area contributed by atoms with E-state index in [0.29, 0.717) is 10.6 Å². The Morgan fingerprint density at radius 2 is 1.73 bits per heavy atom. The number of amides is 1. The lowest BCUT2D eigenvalue weighted by molar-refractivity contribution is 0.103. The second kappa shape index (κ2) is 7.82. The van der Waals surface area contributed by atoms with E-state index in [-0.39, 0.29) is 17.3 Å². The van der Waals surface area contributed by atoms with Crippen LogP contribution in [0, 0.1) is 6.92 Å². The Bertz CT molecular complexity index is 1010. The van der Waals surface area contributed by atoms with Gasteiger partial charge in [-0.25, -0.2) is 13.1 Å². The lowest BCUT2D eigenvalue weighted by Gasteiger charge is -2.06. The van der Waals surface area contributed by atoms with Crippen molar-refractivity contribution in [3.8, 4) is 0 Å². The first-order valence-electron chi connectivity index (χ1n) is 7.95. The lowest BCUT2D eigenvalue weighted by Crippen LogP contribution is -2.22. The predicted molar refractivity (Wildman–Crippen MR) is 104 cm³/mol. The summed E-state index contributed by atoms with van der Waals surface area (Å²) < 4.78 is 27.4. The molecule has 3 rings (SSSR count). The van der Waals surface area contributed by atoms with Crippen molar-refractivity contribution < 1.29 is 13.2 Å². The second-order valence-electron chi connectivity index (χ2n) is 5.73. The van der Waals surface area contributed by atoms with Gasteiger partial charge in [-0.1, -0.05) is 48.5 Å². The number of carbonyl (C=O) groups is 1. The molecule has 1 heterocycles. The molecule has 2 aromatic carbocycles. The highest BCUT2D eigenvalue weighted by Gasteiger charge is 2.19. The summed E-state index contributed by atoms with van der Waals surface area (Å²) in [7, 11) is -3.67. The summed E-state index contributed by atoms with van der Waals surface area (Å²) in [6.07, 6.45) is 0. The number of para-hydroxylation sites is 1. The standard InChI is InChI=1S/C19H18N2O3S2/c1-14-7-5-6-10-17(14)21-19(22)18-11-16(13-25-18)26(23,24)20-12-15-8-3-2-4-9-15/h2-11,13,20H,12H2,1H3,(H,21,22). The number of anilines is 1. The fourth-order valence-electron chi connectivity index (χ4n) is 2.33. The first kappa shape index (κ1) is 18.3. The van der Waals surface area contributed by atoms with Crippen molar-refractivity contribution in [1.82, 2.24) is 4.72 Å². The number of hydrogen-bond donors (Lipinski definition) is 2. The summed E-state index contributed by atoms with van der Waals surface area (Å²) >= 11 is 1.10. The van der Waals surface area contributed by atoms with Crippen LogP contribution in [0.25, 0.3) is 0 Å². The van der Waals surface area contributed by atoms with E-state index in [2.05, 4.69) is 10.0 Å². The minimum Gasteiger partial charge on any atom is -0.321 e. The van der Waals surface area contributed by atoms with Gasteiger partial charge in [-0.05, 0) is 30.2 Å². The molecule has 0 saturated carbocycles. The largest absolute Gasteiger partial charge is 0.321 e. The molecule has 5 nitrogen and oxygen atoms in total. The summed E-state index contributed by atoms with van der Waals surface area (Å²) in [5.41, 5.74) is 2.51. The molecule has 0 unspecified atom stereocenters. The van der Waals surface area contributed by atoms with Crippen LogP contribution in [0.3, 0.4) is 0 Å². The summed E-state index contributed by atoms with van der Waals surface area (Å²) in [6, 6.07) is 18.1. The number of rotatable bonds is 6. The smallest absolute Gasteiger partial charge is 0.265 e. The third-order valence-electron chi connectivity index (χ3n) is 3.81. The molecule has 2 N–H and O–H groups in total. The molecule has 0 saturated heterocycles. The molecule has 0 bridgehead atoms. The molecule has 0 radical (unpaired) electrons. The molecule has 3 aromatic rings. The summed E-state index contributed by atoms with van der Waals surface area (Å²) in [4.78, 5) is 12.8. The molecule has 0 atom stereocenters. The SMILES string of the molecule is Cc1ccccc1NC(=O)c1cc(S(=O)(=O)NCc2ccccc2)cs1. The Hall–Kier alpha value is -2.48. The monoisotopic (exact) mass is 386 g/mol. The average molecular weight is 386 g/mol. The fourth-order valence-corrected chi connectivity index (χ4v) is 4.52. The van der Waals surface area contributed by atoms with Crippen molar-refractivity contribution in [1.29, 1.82) is 0 Å². The van der Waals surface area contributed by atoms with E-state index in [1.165, 1.54) is 11.4 Å². The van der Waals surface area contributed by atoms with Gasteiger partial charge in [0.2, 0.25) is 10.0 Å². The van der Waals surface area contributed by atoms with Crippen LogP contribution >= 0.6 is 11.3 Å². The fraction of sp³-hybridized carbons (Fsp3) is 0.105. The predicted octanol–water partition coefficient (Wildman–Crippen LogP) is 3.79. The first-order chi connectivity index (χ1) is 12.5. The van der Waals surface area contributed by atoms with Crippen molar-refractivity contribution >= 4 is 33.0 Å². The number of nitrogens with one attached hydrogen (secondary N) is 2. The molecule has 1 amide bonds. The van der Waals surface area contributed by atoms with E-state index in [1.807, 2.05) is 55.5 Å². The third kappa shape index (κ3) is 4.37.